The molecule has 0 aromatic heterocycles. The molecule has 0 bridgehead atoms. The molecule has 2 rings (SSSR count). The highest BCUT2D eigenvalue weighted by molar-refractivity contribution is 5.96. The predicted molar refractivity (Wildman–Crippen MR) is 54.1 cm³/mol. The molecule has 1 aliphatic rings. The molecule has 1 N–H and O–H groups in total. The average Bonchev–Trinajstić information content (AvgIpc) is 2.74. The van der Waals surface area contributed by atoms with E-state index in [2.05, 4.69) is 0 Å². The van der Waals surface area contributed by atoms with Crippen LogP contribution in [0.2, 0.25) is 0 Å². The predicted octanol–water partition coefficient (Wildman–Crippen LogP) is 2.17. The Hall–Kier alpha value is -1.22. The molecule has 0 amide bonds. The van der Waals surface area contributed by atoms with Gasteiger partial charge < -0.3 is 5.11 Å². The summed E-state index contributed by atoms with van der Waals surface area (Å²) in [5, 5.41) is 9.52. The van der Waals surface area contributed by atoms with Gasteiger partial charge in [0.1, 0.15) is 5.82 Å². The maximum atomic E-state index is 12.6. The largest absolute Gasteiger partial charge is 0.390 e. The van der Waals surface area contributed by atoms with E-state index in [9.17, 15) is 14.3 Å². The molecule has 0 saturated heterocycles. The van der Waals surface area contributed by atoms with Crippen LogP contribution in [0.5, 0.6) is 0 Å². The van der Waals surface area contributed by atoms with Gasteiger partial charge in [0.2, 0.25) is 0 Å². The standard InChI is InChI=1S/C12H13FO2/c1-12(15)7-9(12)6-11(14)8-2-4-10(13)5-3-8/h2-5,9,15H,6-7H2,1H3/t9-,12+/m0/s1. The summed E-state index contributed by atoms with van der Waals surface area (Å²) in [4.78, 5) is 11.7. The van der Waals surface area contributed by atoms with E-state index < -0.39 is 5.60 Å². The normalized spacial score (nSPS) is 28.9. The number of carbonyl (C=O) groups excluding carboxylic acids is 1. The molecule has 1 aromatic rings. The van der Waals surface area contributed by atoms with Gasteiger partial charge >= 0.3 is 0 Å². The first-order valence-corrected chi connectivity index (χ1v) is 5.00. The van der Waals surface area contributed by atoms with Crippen LogP contribution in [-0.2, 0) is 0 Å². The molecule has 1 aromatic carbocycles. The van der Waals surface area contributed by atoms with E-state index in [1.165, 1.54) is 24.3 Å². The van der Waals surface area contributed by atoms with Crippen molar-refractivity contribution in [3.05, 3.63) is 35.6 Å². The molecule has 1 fully saturated rings. The summed E-state index contributed by atoms with van der Waals surface area (Å²) in [6.45, 7) is 1.73. The molecule has 3 heteroatoms. The smallest absolute Gasteiger partial charge is 0.163 e. The third-order valence-electron chi connectivity index (χ3n) is 2.98. The lowest BCUT2D eigenvalue weighted by Crippen LogP contribution is -2.08. The van der Waals surface area contributed by atoms with Crippen molar-refractivity contribution in [3.63, 3.8) is 0 Å². The summed E-state index contributed by atoms with van der Waals surface area (Å²) in [7, 11) is 0. The van der Waals surface area contributed by atoms with Gasteiger partial charge in [-0.3, -0.25) is 4.79 Å². The van der Waals surface area contributed by atoms with Crippen LogP contribution < -0.4 is 0 Å². The third-order valence-corrected chi connectivity index (χ3v) is 2.98. The SMILES string of the molecule is C[C@@]1(O)C[C@@H]1CC(=O)c1ccc(F)cc1. The van der Waals surface area contributed by atoms with E-state index in [0.29, 0.717) is 18.4 Å². The van der Waals surface area contributed by atoms with Gasteiger partial charge in [-0.15, -0.1) is 0 Å². The van der Waals surface area contributed by atoms with Gasteiger partial charge in [0.15, 0.2) is 5.78 Å². The van der Waals surface area contributed by atoms with Crippen molar-refractivity contribution >= 4 is 5.78 Å². The minimum absolute atomic E-state index is 0.0298. The van der Waals surface area contributed by atoms with Gasteiger partial charge in [-0.05, 0) is 43.5 Å². The van der Waals surface area contributed by atoms with Crippen molar-refractivity contribution < 1.29 is 14.3 Å². The summed E-state index contributed by atoms with van der Waals surface area (Å²) < 4.78 is 12.6. The number of rotatable bonds is 3. The van der Waals surface area contributed by atoms with Crippen molar-refractivity contribution in [1.29, 1.82) is 0 Å². The first-order chi connectivity index (χ1) is 6.99. The Morgan fingerprint density at radius 3 is 2.53 bits per heavy atom. The topological polar surface area (TPSA) is 37.3 Å². The summed E-state index contributed by atoms with van der Waals surface area (Å²) in [6, 6.07) is 5.51. The second-order valence-electron chi connectivity index (χ2n) is 4.39. The number of benzene rings is 1. The zero-order valence-electron chi connectivity index (χ0n) is 8.53. The first-order valence-electron chi connectivity index (χ1n) is 5.00. The van der Waals surface area contributed by atoms with Crippen LogP contribution in [0, 0.1) is 11.7 Å². The highest BCUT2D eigenvalue weighted by Gasteiger charge is 2.49. The fraction of sp³-hybridized carbons (Fsp3) is 0.417. The summed E-state index contributed by atoms with van der Waals surface area (Å²) in [6.07, 6.45) is 1.03. The third kappa shape index (κ3) is 2.23. The van der Waals surface area contributed by atoms with Gasteiger partial charge in [-0.1, -0.05) is 0 Å². The van der Waals surface area contributed by atoms with Crippen LogP contribution in [0.4, 0.5) is 4.39 Å². The van der Waals surface area contributed by atoms with E-state index in [0.717, 1.165) is 0 Å². The lowest BCUT2D eigenvalue weighted by molar-refractivity contribution is 0.0940. The van der Waals surface area contributed by atoms with Crippen LogP contribution in [0.1, 0.15) is 30.1 Å². The number of Topliss-reactive ketones (excluding diaryl/α,β-unsaturated/α-hetero) is 1. The second kappa shape index (κ2) is 3.42. The van der Waals surface area contributed by atoms with Gasteiger partial charge in [0.25, 0.3) is 0 Å². The Balaban J connectivity index is 2.00. The van der Waals surface area contributed by atoms with E-state index >= 15 is 0 Å². The Bertz CT molecular complexity index is 381. The van der Waals surface area contributed by atoms with Gasteiger partial charge in [0, 0.05) is 12.0 Å². The minimum atomic E-state index is -0.671. The quantitative estimate of drug-likeness (QED) is 0.773. The molecule has 1 saturated carbocycles. The van der Waals surface area contributed by atoms with Crippen LogP contribution >= 0.6 is 0 Å². The number of aliphatic hydroxyl groups is 1. The molecular weight excluding hydrogens is 195 g/mol. The Labute approximate surface area is 87.7 Å². The molecule has 0 aliphatic heterocycles. The van der Waals surface area contributed by atoms with Crippen molar-refractivity contribution in [3.8, 4) is 0 Å². The first kappa shape index (κ1) is 10.3. The van der Waals surface area contributed by atoms with Crippen molar-refractivity contribution in [2.75, 3.05) is 0 Å². The van der Waals surface area contributed by atoms with Crippen molar-refractivity contribution in [2.45, 2.75) is 25.4 Å². The van der Waals surface area contributed by atoms with Gasteiger partial charge in [0.05, 0.1) is 5.60 Å². The van der Waals surface area contributed by atoms with E-state index in [-0.39, 0.29) is 17.5 Å². The maximum absolute atomic E-state index is 12.6. The molecule has 80 valence electrons. The Morgan fingerprint density at radius 1 is 1.53 bits per heavy atom. The van der Waals surface area contributed by atoms with Crippen LogP contribution in [-0.4, -0.2) is 16.5 Å². The number of hydrogen-bond acceptors (Lipinski definition) is 2. The number of carbonyl (C=O) groups is 1. The van der Waals surface area contributed by atoms with E-state index in [1.54, 1.807) is 6.92 Å². The summed E-state index contributed by atoms with van der Waals surface area (Å²) in [5.74, 6) is -0.308. The van der Waals surface area contributed by atoms with E-state index in [4.69, 9.17) is 0 Å². The maximum Gasteiger partial charge on any atom is 0.163 e. The lowest BCUT2D eigenvalue weighted by atomic mass is 10.0. The zero-order chi connectivity index (χ0) is 11.1. The van der Waals surface area contributed by atoms with Crippen molar-refractivity contribution in [1.82, 2.24) is 0 Å². The molecular formula is C12H13FO2. The fourth-order valence-electron chi connectivity index (χ4n) is 1.71. The molecule has 0 radical (unpaired) electrons. The molecule has 2 nitrogen and oxygen atoms in total. The molecule has 0 spiro atoms. The fourth-order valence-corrected chi connectivity index (χ4v) is 1.71. The van der Waals surface area contributed by atoms with Crippen molar-refractivity contribution in [2.24, 2.45) is 5.92 Å². The molecule has 2 atom stereocenters. The molecule has 0 unspecified atom stereocenters. The highest BCUT2D eigenvalue weighted by Crippen LogP contribution is 2.45. The Kier molecular flexibility index (Phi) is 2.35. The Morgan fingerprint density at radius 2 is 2.07 bits per heavy atom. The zero-order valence-corrected chi connectivity index (χ0v) is 8.53. The van der Waals surface area contributed by atoms with Crippen LogP contribution in [0.3, 0.4) is 0 Å². The van der Waals surface area contributed by atoms with Crippen LogP contribution in [0.25, 0.3) is 0 Å². The van der Waals surface area contributed by atoms with Gasteiger partial charge in [-0.25, -0.2) is 4.39 Å². The van der Waals surface area contributed by atoms with E-state index in [1.807, 2.05) is 0 Å². The molecule has 15 heavy (non-hydrogen) atoms. The molecule has 1 aliphatic carbocycles. The van der Waals surface area contributed by atoms with Crippen LogP contribution in [0.15, 0.2) is 24.3 Å². The molecule has 0 heterocycles. The second-order valence-corrected chi connectivity index (χ2v) is 4.39. The lowest BCUT2D eigenvalue weighted by Gasteiger charge is -2.02. The number of halogens is 1. The summed E-state index contributed by atoms with van der Waals surface area (Å²) >= 11 is 0. The number of hydrogen-bond donors (Lipinski definition) is 1. The minimum Gasteiger partial charge on any atom is -0.390 e. The summed E-state index contributed by atoms with van der Waals surface area (Å²) in [5.41, 5.74) is -0.158. The number of ketones is 1. The highest BCUT2D eigenvalue weighted by atomic mass is 19.1. The van der Waals surface area contributed by atoms with Gasteiger partial charge in [-0.2, -0.15) is 0 Å². The monoisotopic (exact) mass is 208 g/mol. The average molecular weight is 208 g/mol.